The third kappa shape index (κ3) is 3.13. The lowest BCUT2D eigenvalue weighted by atomic mass is 9.98. The number of hydrogen-bond donors (Lipinski definition) is 0. The predicted molar refractivity (Wildman–Crippen MR) is 118 cm³/mol. The second kappa shape index (κ2) is 7.35. The number of fused-ring (bicyclic) bond motifs is 2. The molecule has 1 amide bonds. The van der Waals surface area contributed by atoms with E-state index >= 15 is 0 Å². The second-order valence-corrected chi connectivity index (χ2v) is 8.06. The van der Waals surface area contributed by atoms with Gasteiger partial charge < -0.3 is 9.15 Å². The number of nitrogens with zero attached hydrogens (tertiary/aromatic N) is 1. The van der Waals surface area contributed by atoms with Crippen molar-refractivity contribution in [2.24, 2.45) is 0 Å². The van der Waals surface area contributed by atoms with Crippen LogP contribution in [0.1, 0.15) is 27.7 Å². The largest absolute Gasteiger partial charge is 0.497 e. The van der Waals surface area contributed by atoms with Gasteiger partial charge in [0.2, 0.25) is 5.76 Å². The lowest BCUT2D eigenvalue weighted by molar-refractivity contribution is 0.0971. The SMILES string of the molecule is COc1cccc(C2c3c(oc4ccc(Br)cc4c3=O)C(=O)N2c2ccc(F)cc2)c1. The Bertz CT molecular complexity index is 1400. The van der Waals surface area contributed by atoms with Gasteiger partial charge in [0.05, 0.1) is 24.1 Å². The van der Waals surface area contributed by atoms with E-state index in [1.54, 1.807) is 43.5 Å². The van der Waals surface area contributed by atoms with Gasteiger partial charge in [-0.2, -0.15) is 0 Å². The Morgan fingerprint density at radius 3 is 2.55 bits per heavy atom. The van der Waals surface area contributed by atoms with Crippen molar-refractivity contribution in [3.05, 3.63) is 104 Å². The van der Waals surface area contributed by atoms with E-state index in [-0.39, 0.29) is 16.8 Å². The summed E-state index contributed by atoms with van der Waals surface area (Å²) >= 11 is 3.38. The topological polar surface area (TPSA) is 59.8 Å². The molecule has 0 aliphatic carbocycles. The molecule has 0 bridgehead atoms. The maximum Gasteiger partial charge on any atom is 0.295 e. The van der Waals surface area contributed by atoms with Crippen molar-refractivity contribution >= 4 is 38.5 Å². The Kier molecular flexibility index (Phi) is 4.63. The zero-order chi connectivity index (χ0) is 21.7. The minimum Gasteiger partial charge on any atom is -0.497 e. The van der Waals surface area contributed by atoms with Crippen LogP contribution in [0.5, 0.6) is 5.75 Å². The molecule has 0 saturated carbocycles. The van der Waals surface area contributed by atoms with Crippen LogP contribution in [0, 0.1) is 5.82 Å². The number of ether oxygens (including phenoxy) is 1. The average Bonchev–Trinajstić information content (AvgIpc) is 3.07. The molecule has 3 aromatic carbocycles. The van der Waals surface area contributed by atoms with Crippen LogP contribution >= 0.6 is 15.9 Å². The number of anilines is 1. The molecule has 7 heteroatoms. The third-order valence-electron chi connectivity index (χ3n) is 5.35. The summed E-state index contributed by atoms with van der Waals surface area (Å²) in [7, 11) is 1.55. The molecule has 5 nitrogen and oxygen atoms in total. The van der Waals surface area contributed by atoms with Crippen LogP contribution in [0.25, 0.3) is 11.0 Å². The van der Waals surface area contributed by atoms with Crippen LogP contribution in [-0.2, 0) is 0 Å². The fourth-order valence-corrected chi connectivity index (χ4v) is 4.30. The molecule has 154 valence electrons. The molecular weight excluding hydrogens is 465 g/mol. The highest BCUT2D eigenvalue weighted by molar-refractivity contribution is 9.10. The molecule has 0 saturated heterocycles. The highest BCUT2D eigenvalue weighted by atomic mass is 79.9. The monoisotopic (exact) mass is 479 g/mol. The number of carbonyl (C=O) groups is 1. The van der Waals surface area contributed by atoms with Crippen molar-refractivity contribution in [1.29, 1.82) is 0 Å². The molecule has 1 aromatic heterocycles. The summed E-state index contributed by atoms with van der Waals surface area (Å²) in [5.74, 6) is -0.311. The highest BCUT2D eigenvalue weighted by Gasteiger charge is 2.43. The van der Waals surface area contributed by atoms with E-state index in [0.29, 0.717) is 28.0 Å². The molecule has 0 fully saturated rings. The molecule has 0 N–H and O–H groups in total. The fraction of sp³-hybridized carbons (Fsp3) is 0.0833. The Morgan fingerprint density at radius 2 is 1.81 bits per heavy atom. The van der Waals surface area contributed by atoms with Crippen molar-refractivity contribution in [2.45, 2.75) is 6.04 Å². The maximum atomic E-state index is 13.6. The molecule has 31 heavy (non-hydrogen) atoms. The van der Waals surface area contributed by atoms with Crippen molar-refractivity contribution < 1.29 is 18.3 Å². The number of methoxy groups -OCH3 is 1. The zero-order valence-electron chi connectivity index (χ0n) is 16.3. The summed E-state index contributed by atoms with van der Waals surface area (Å²) in [6, 6.07) is 17.0. The van der Waals surface area contributed by atoms with Gasteiger partial charge >= 0.3 is 0 Å². The van der Waals surface area contributed by atoms with E-state index < -0.39 is 17.8 Å². The summed E-state index contributed by atoms with van der Waals surface area (Å²) in [5.41, 5.74) is 1.41. The number of benzene rings is 3. The first-order valence-corrected chi connectivity index (χ1v) is 10.3. The van der Waals surface area contributed by atoms with E-state index in [1.165, 1.54) is 29.2 Å². The Labute approximate surface area is 184 Å². The molecule has 0 radical (unpaired) electrons. The number of carbonyl (C=O) groups excluding carboxylic acids is 1. The van der Waals surface area contributed by atoms with Gasteiger partial charge in [-0.05, 0) is 60.2 Å². The van der Waals surface area contributed by atoms with Gasteiger partial charge in [-0.1, -0.05) is 28.1 Å². The van der Waals surface area contributed by atoms with Crippen molar-refractivity contribution in [1.82, 2.24) is 0 Å². The summed E-state index contributed by atoms with van der Waals surface area (Å²) in [5, 5.41) is 0.370. The summed E-state index contributed by atoms with van der Waals surface area (Å²) in [6.45, 7) is 0. The summed E-state index contributed by atoms with van der Waals surface area (Å²) < 4.78 is 25.5. The van der Waals surface area contributed by atoms with Crippen LogP contribution in [0.2, 0.25) is 0 Å². The lowest BCUT2D eigenvalue weighted by Gasteiger charge is -2.25. The number of halogens is 2. The van der Waals surface area contributed by atoms with Crippen LogP contribution in [-0.4, -0.2) is 13.0 Å². The summed E-state index contributed by atoms with van der Waals surface area (Å²) in [6.07, 6.45) is 0. The molecule has 0 spiro atoms. The third-order valence-corrected chi connectivity index (χ3v) is 5.84. The predicted octanol–water partition coefficient (Wildman–Crippen LogP) is 5.45. The minimum absolute atomic E-state index is 0.0167. The van der Waals surface area contributed by atoms with Crippen LogP contribution in [0.3, 0.4) is 0 Å². The van der Waals surface area contributed by atoms with E-state index in [2.05, 4.69) is 15.9 Å². The smallest absolute Gasteiger partial charge is 0.295 e. The first kappa shape index (κ1) is 19.5. The Balaban J connectivity index is 1.82. The van der Waals surface area contributed by atoms with Gasteiger partial charge in [0.25, 0.3) is 5.91 Å². The standard InChI is InChI=1S/C24H15BrFNO4/c1-30-17-4-2-3-13(11-17)21-20-22(28)18-12-14(25)5-10-19(18)31-23(20)24(29)27(21)16-8-6-15(26)7-9-16/h2-12,21H,1H3. The van der Waals surface area contributed by atoms with E-state index in [9.17, 15) is 14.0 Å². The number of rotatable bonds is 3. The molecule has 1 atom stereocenters. The van der Waals surface area contributed by atoms with Gasteiger partial charge in [-0.3, -0.25) is 14.5 Å². The van der Waals surface area contributed by atoms with Gasteiger partial charge in [0.15, 0.2) is 5.43 Å². The van der Waals surface area contributed by atoms with Gasteiger partial charge in [-0.25, -0.2) is 4.39 Å². The average molecular weight is 480 g/mol. The van der Waals surface area contributed by atoms with Crippen molar-refractivity contribution in [2.75, 3.05) is 12.0 Å². The Morgan fingerprint density at radius 1 is 1.03 bits per heavy atom. The van der Waals surface area contributed by atoms with Gasteiger partial charge in [0, 0.05) is 10.2 Å². The molecule has 1 aliphatic rings. The van der Waals surface area contributed by atoms with E-state index in [4.69, 9.17) is 9.15 Å². The maximum absolute atomic E-state index is 13.6. The summed E-state index contributed by atoms with van der Waals surface area (Å²) in [4.78, 5) is 28.4. The van der Waals surface area contributed by atoms with E-state index in [1.807, 2.05) is 6.07 Å². The van der Waals surface area contributed by atoms with Crippen LogP contribution in [0.15, 0.2) is 80.4 Å². The molecule has 5 rings (SSSR count). The number of amides is 1. The quantitative estimate of drug-likeness (QED) is 0.391. The number of hydrogen-bond acceptors (Lipinski definition) is 4. The minimum atomic E-state index is -0.748. The van der Waals surface area contributed by atoms with Crippen LogP contribution < -0.4 is 15.1 Å². The van der Waals surface area contributed by atoms with Gasteiger partial charge in [0.1, 0.15) is 17.1 Å². The van der Waals surface area contributed by atoms with Crippen LogP contribution in [0.4, 0.5) is 10.1 Å². The molecule has 1 unspecified atom stereocenters. The van der Waals surface area contributed by atoms with Crippen molar-refractivity contribution in [3.8, 4) is 5.75 Å². The Hall–Kier alpha value is -3.45. The molecule has 1 aliphatic heterocycles. The normalized spacial score (nSPS) is 15.4. The molecule has 2 heterocycles. The van der Waals surface area contributed by atoms with E-state index in [0.717, 1.165) is 4.47 Å². The second-order valence-electron chi connectivity index (χ2n) is 7.15. The fourth-order valence-electron chi connectivity index (χ4n) is 3.94. The molecular formula is C24H15BrFNO4. The lowest BCUT2D eigenvalue weighted by Crippen LogP contribution is -2.29. The van der Waals surface area contributed by atoms with Gasteiger partial charge in [-0.15, -0.1) is 0 Å². The zero-order valence-corrected chi connectivity index (χ0v) is 17.9. The van der Waals surface area contributed by atoms with Crippen molar-refractivity contribution in [3.63, 3.8) is 0 Å². The highest BCUT2D eigenvalue weighted by Crippen LogP contribution is 2.42. The first-order valence-electron chi connectivity index (χ1n) is 9.47. The first-order chi connectivity index (χ1) is 15.0. The molecule has 4 aromatic rings.